The van der Waals surface area contributed by atoms with Crippen LogP contribution >= 0.6 is 0 Å². The molecular formula is C8H8F5N3O. The summed E-state index contributed by atoms with van der Waals surface area (Å²) < 4.78 is 64.7. The molecule has 9 heteroatoms. The number of hydrogen-bond donors (Lipinski definition) is 2. The molecule has 0 aliphatic carbocycles. The maximum Gasteiger partial charge on any atom is 0.573 e. The molecule has 0 aliphatic heterocycles. The Morgan fingerprint density at radius 2 is 1.94 bits per heavy atom. The maximum absolute atomic E-state index is 12.5. The van der Waals surface area contributed by atoms with Crippen molar-refractivity contribution in [2.45, 2.75) is 19.3 Å². The lowest BCUT2D eigenvalue weighted by Gasteiger charge is -2.16. The van der Waals surface area contributed by atoms with Gasteiger partial charge in [-0.3, -0.25) is 0 Å². The molecule has 4 nitrogen and oxygen atoms in total. The number of rotatable bonds is 3. The van der Waals surface area contributed by atoms with Crippen molar-refractivity contribution in [2.75, 3.05) is 5.73 Å². The average Bonchev–Trinajstić information content (AvgIpc) is 2.17. The lowest BCUT2D eigenvalue weighted by atomic mass is 10.2. The molecule has 0 bridgehead atoms. The van der Waals surface area contributed by atoms with Crippen LogP contribution in [-0.2, 0) is 6.54 Å². The van der Waals surface area contributed by atoms with E-state index in [2.05, 4.69) is 9.72 Å². The van der Waals surface area contributed by atoms with Crippen molar-refractivity contribution in [1.29, 1.82) is 0 Å². The van der Waals surface area contributed by atoms with Crippen molar-refractivity contribution in [1.82, 2.24) is 4.98 Å². The molecule has 0 saturated carbocycles. The van der Waals surface area contributed by atoms with Crippen LogP contribution in [0, 0.1) is 0 Å². The van der Waals surface area contributed by atoms with Crippen molar-refractivity contribution >= 4 is 5.82 Å². The largest absolute Gasteiger partial charge is 0.573 e. The zero-order valence-electron chi connectivity index (χ0n) is 8.26. The fourth-order valence-electron chi connectivity index (χ4n) is 1.16. The summed E-state index contributed by atoms with van der Waals surface area (Å²) in [4.78, 5) is 3.41. The second-order valence-corrected chi connectivity index (χ2v) is 2.96. The highest BCUT2D eigenvalue weighted by Gasteiger charge is 2.35. The predicted octanol–water partition coefficient (Wildman–Crippen LogP) is 1.96. The lowest BCUT2D eigenvalue weighted by molar-refractivity contribution is -0.275. The number of anilines is 1. The second-order valence-electron chi connectivity index (χ2n) is 2.96. The van der Waals surface area contributed by atoms with E-state index in [1.807, 2.05) is 0 Å². The monoisotopic (exact) mass is 257 g/mol. The van der Waals surface area contributed by atoms with E-state index in [-0.39, 0.29) is 5.82 Å². The molecule has 0 saturated heterocycles. The number of nitrogens with two attached hydrogens (primary N) is 2. The number of alkyl halides is 5. The zero-order chi connectivity index (χ0) is 13.2. The molecule has 17 heavy (non-hydrogen) atoms. The first-order valence-corrected chi connectivity index (χ1v) is 4.28. The van der Waals surface area contributed by atoms with Gasteiger partial charge in [-0.2, -0.15) is 0 Å². The SMILES string of the molecule is NCc1nc(N)cc(C(F)F)c1OC(F)(F)F. The van der Waals surface area contributed by atoms with Gasteiger partial charge in [-0.25, -0.2) is 13.8 Å². The standard InChI is InChI=1S/C8H8F5N3O/c9-7(10)3-1-5(15)16-4(2-14)6(3)17-8(11,12)13/h1,7H,2,14H2,(H2,15,16). The summed E-state index contributed by atoms with van der Waals surface area (Å²) in [6.45, 7) is -0.504. The minimum Gasteiger partial charge on any atom is -0.403 e. The first-order valence-electron chi connectivity index (χ1n) is 4.28. The first kappa shape index (κ1) is 13.4. The van der Waals surface area contributed by atoms with Gasteiger partial charge in [0.2, 0.25) is 0 Å². The highest BCUT2D eigenvalue weighted by atomic mass is 19.4. The van der Waals surface area contributed by atoms with Crippen molar-refractivity contribution in [2.24, 2.45) is 5.73 Å². The molecule has 0 aromatic carbocycles. The summed E-state index contributed by atoms with van der Waals surface area (Å²) in [7, 11) is 0. The van der Waals surface area contributed by atoms with Crippen LogP contribution in [-0.4, -0.2) is 11.3 Å². The number of nitrogen functional groups attached to an aromatic ring is 1. The molecular weight excluding hydrogens is 249 g/mol. The zero-order valence-corrected chi connectivity index (χ0v) is 8.26. The molecule has 0 unspecified atom stereocenters. The van der Waals surface area contributed by atoms with Gasteiger partial charge in [-0.05, 0) is 6.07 Å². The smallest absolute Gasteiger partial charge is 0.403 e. The minimum absolute atomic E-state index is 0.352. The van der Waals surface area contributed by atoms with Crippen molar-refractivity contribution in [3.05, 3.63) is 17.3 Å². The van der Waals surface area contributed by atoms with E-state index in [0.29, 0.717) is 6.07 Å². The van der Waals surface area contributed by atoms with E-state index in [9.17, 15) is 22.0 Å². The number of ether oxygens (including phenoxy) is 1. The number of aromatic nitrogens is 1. The summed E-state index contributed by atoms with van der Waals surface area (Å²) >= 11 is 0. The van der Waals surface area contributed by atoms with Gasteiger partial charge in [0.25, 0.3) is 6.43 Å². The third-order valence-electron chi connectivity index (χ3n) is 1.74. The van der Waals surface area contributed by atoms with Crippen LogP contribution in [0.15, 0.2) is 6.07 Å². The van der Waals surface area contributed by atoms with Gasteiger partial charge in [-0.1, -0.05) is 0 Å². The Kier molecular flexibility index (Phi) is 3.71. The number of hydrogen-bond acceptors (Lipinski definition) is 4. The van der Waals surface area contributed by atoms with Crippen LogP contribution in [0.3, 0.4) is 0 Å². The molecule has 0 fully saturated rings. The Hall–Kier alpha value is -1.64. The molecule has 0 amide bonds. The normalized spacial score (nSPS) is 11.9. The van der Waals surface area contributed by atoms with E-state index in [0.717, 1.165) is 0 Å². The van der Waals surface area contributed by atoms with Crippen molar-refractivity contribution < 1.29 is 26.7 Å². The van der Waals surface area contributed by atoms with E-state index < -0.39 is 36.3 Å². The summed E-state index contributed by atoms with van der Waals surface area (Å²) in [6, 6.07) is 0.616. The molecule has 0 atom stereocenters. The topological polar surface area (TPSA) is 74.2 Å². The van der Waals surface area contributed by atoms with E-state index in [4.69, 9.17) is 11.5 Å². The Morgan fingerprint density at radius 1 is 1.35 bits per heavy atom. The Labute approximate surface area is 92.4 Å². The summed E-state index contributed by atoms with van der Waals surface area (Å²) in [5.74, 6) is -1.44. The van der Waals surface area contributed by atoms with Crippen LogP contribution < -0.4 is 16.2 Å². The van der Waals surface area contributed by atoms with Crippen LogP contribution in [0.2, 0.25) is 0 Å². The quantitative estimate of drug-likeness (QED) is 0.812. The molecule has 96 valence electrons. The first-order chi connectivity index (χ1) is 7.74. The summed E-state index contributed by atoms with van der Waals surface area (Å²) in [5.41, 5.74) is 8.80. The number of pyridine rings is 1. The van der Waals surface area contributed by atoms with Gasteiger partial charge in [0.15, 0.2) is 5.75 Å². The molecule has 1 aromatic heterocycles. The Bertz CT molecular complexity index is 407. The van der Waals surface area contributed by atoms with Gasteiger partial charge in [0.05, 0.1) is 11.3 Å². The van der Waals surface area contributed by atoms with Gasteiger partial charge in [0.1, 0.15) is 5.82 Å². The Balaban J connectivity index is 3.32. The van der Waals surface area contributed by atoms with E-state index in [1.165, 1.54) is 0 Å². The van der Waals surface area contributed by atoms with E-state index >= 15 is 0 Å². The molecule has 0 radical (unpaired) electrons. The molecule has 1 aromatic rings. The highest BCUT2D eigenvalue weighted by Crippen LogP contribution is 2.35. The van der Waals surface area contributed by atoms with Crippen LogP contribution in [0.1, 0.15) is 17.7 Å². The summed E-state index contributed by atoms with van der Waals surface area (Å²) in [6.07, 6.45) is -8.28. The molecule has 1 heterocycles. The number of halogens is 5. The third kappa shape index (κ3) is 3.41. The fraction of sp³-hybridized carbons (Fsp3) is 0.375. The van der Waals surface area contributed by atoms with E-state index in [1.54, 1.807) is 0 Å². The maximum atomic E-state index is 12.5. The fourth-order valence-corrected chi connectivity index (χ4v) is 1.16. The Morgan fingerprint density at radius 3 is 2.35 bits per heavy atom. The van der Waals surface area contributed by atoms with Gasteiger partial charge < -0.3 is 16.2 Å². The van der Waals surface area contributed by atoms with Crippen molar-refractivity contribution in [3.63, 3.8) is 0 Å². The molecule has 4 N–H and O–H groups in total. The average molecular weight is 257 g/mol. The highest BCUT2D eigenvalue weighted by molar-refractivity contribution is 5.46. The van der Waals surface area contributed by atoms with Crippen LogP contribution in [0.25, 0.3) is 0 Å². The summed E-state index contributed by atoms with van der Waals surface area (Å²) in [5, 5.41) is 0. The van der Waals surface area contributed by atoms with Gasteiger partial charge in [0, 0.05) is 6.54 Å². The van der Waals surface area contributed by atoms with Crippen LogP contribution in [0.5, 0.6) is 5.75 Å². The molecule has 0 aliphatic rings. The predicted molar refractivity (Wildman–Crippen MR) is 48.2 cm³/mol. The second kappa shape index (κ2) is 4.70. The van der Waals surface area contributed by atoms with Gasteiger partial charge in [-0.15, -0.1) is 13.2 Å². The van der Waals surface area contributed by atoms with Crippen LogP contribution in [0.4, 0.5) is 27.8 Å². The van der Waals surface area contributed by atoms with Crippen molar-refractivity contribution in [3.8, 4) is 5.75 Å². The molecule has 1 rings (SSSR count). The lowest BCUT2D eigenvalue weighted by Crippen LogP contribution is -2.21. The van der Waals surface area contributed by atoms with Gasteiger partial charge >= 0.3 is 6.36 Å². The molecule has 0 spiro atoms. The minimum atomic E-state index is -5.11. The number of nitrogens with zero attached hydrogens (tertiary/aromatic N) is 1. The third-order valence-corrected chi connectivity index (χ3v) is 1.74.